The molecule has 0 aliphatic heterocycles. The molecule has 1 aromatic carbocycles. The van der Waals surface area contributed by atoms with Gasteiger partial charge in [0.25, 0.3) is 0 Å². The molecule has 102 valence electrons. The van der Waals surface area contributed by atoms with E-state index in [1.54, 1.807) is 7.11 Å². The highest BCUT2D eigenvalue weighted by Crippen LogP contribution is 2.19. The number of benzene rings is 1. The Morgan fingerprint density at radius 2 is 2.05 bits per heavy atom. The second kappa shape index (κ2) is 6.64. The monoisotopic (exact) mass is 258 g/mol. The van der Waals surface area contributed by atoms with E-state index < -0.39 is 0 Å². The maximum absolute atomic E-state index is 5.36. The summed E-state index contributed by atoms with van der Waals surface area (Å²) in [5.41, 5.74) is 2.41. The van der Waals surface area contributed by atoms with Crippen molar-refractivity contribution in [2.75, 3.05) is 14.2 Å². The van der Waals surface area contributed by atoms with Gasteiger partial charge in [0.2, 0.25) is 0 Å². The van der Waals surface area contributed by atoms with Crippen LogP contribution in [0.15, 0.2) is 36.5 Å². The van der Waals surface area contributed by atoms with Gasteiger partial charge in [-0.05, 0) is 44.5 Å². The number of aromatic nitrogens is 1. The Hall–Kier alpha value is -1.45. The first-order valence-electron chi connectivity index (χ1n) is 6.77. The quantitative estimate of drug-likeness (QED) is 0.865. The molecule has 1 N–H and O–H groups in total. The Balaban J connectivity index is 2.19. The smallest absolute Gasteiger partial charge is 0.0704 e. The number of para-hydroxylation sites is 1. The van der Waals surface area contributed by atoms with E-state index in [2.05, 4.69) is 41.5 Å². The molecule has 0 aliphatic carbocycles. The molecule has 0 saturated heterocycles. The zero-order valence-corrected chi connectivity index (χ0v) is 11.9. The van der Waals surface area contributed by atoms with Crippen molar-refractivity contribution in [2.45, 2.75) is 31.9 Å². The van der Waals surface area contributed by atoms with Crippen molar-refractivity contribution in [2.24, 2.45) is 0 Å². The average molecular weight is 258 g/mol. The van der Waals surface area contributed by atoms with Crippen molar-refractivity contribution in [3.63, 3.8) is 0 Å². The molecule has 0 aliphatic rings. The zero-order valence-electron chi connectivity index (χ0n) is 11.9. The molecule has 2 unspecified atom stereocenters. The topological polar surface area (TPSA) is 34.2 Å². The summed E-state index contributed by atoms with van der Waals surface area (Å²) < 4.78 is 5.36. The lowest BCUT2D eigenvalue weighted by Gasteiger charge is -2.20. The van der Waals surface area contributed by atoms with E-state index in [1.165, 1.54) is 10.9 Å². The molecule has 0 radical (unpaired) electrons. The van der Waals surface area contributed by atoms with Crippen LogP contribution in [-0.2, 0) is 11.2 Å². The van der Waals surface area contributed by atoms with Crippen LogP contribution in [0.1, 0.15) is 18.9 Å². The summed E-state index contributed by atoms with van der Waals surface area (Å²) in [6, 6.07) is 10.8. The van der Waals surface area contributed by atoms with Gasteiger partial charge >= 0.3 is 0 Å². The summed E-state index contributed by atoms with van der Waals surface area (Å²) in [7, 11) is 3.77. The summed E-state index contributed by atoms with van der Waals surface area (Å²) in [5, 5.41) is 4.63. The lowest BCUT2D eigenvalue weighted by Crippen LogP contribution is -2.31. The number of methoxy groups -OCH3 is 1. The molecule has 3 heteroatoms. The summed E-state index contributed by atoms with van der Waals surface area (Å²) in [6.07, 6.45) is 4.16. The van der Waals surface area contributed by atoms with Crippen LogP contribution < -0.4 is 5.32 Å². The fraction of sp³-hybridized carbons (Fsp3) is 0.438. The van der Waals surface area contributed by atoms with Gasteiger partial charge in [-0.2, -0.15) is 0 Å². The molecule has 2 rings (SSSR count). The fourth-order valence-corrected chi connectivity index (χ4v) is 2.40. The van der Waals surface area contributed by atoms with E-state index in [-0.39, 0.29) is 6.10 Å². The van der Waals surface area contributed by atoms with Gasteiger partial charge in [0.05, 0.1) is 11.6 Å². The van der Waals surface area contributed by atoms with Crippen LogP contribution in [0.5, 0.6) is 0 Å². The second-order valence-electron chi connectivity index (χ2n) is 4.96. The maximum Gasteiger partial charge on any atom is 0.0704 e. The number of hydrogen-bond acceptors (Lipinski definition) is 3. The van der Waals surface area contributed by atoms with Crippen LogP contribution in [0.4, 0.5) is 0 Å². The number of pyridine rings is 1. The molecule has 0 fully saturated rings. The van der Waals surface area contributed by atoms with Crippen molar-refractivity contribution in [1.82, 2.24) is 10.3 Å². The lowest BCUT2D eigenvalue weighted by molar-refractivity contribution is 0.101. The van der Waals surface area contributed by atoms with Crippen LogP contribution in [-0.4, -0.2) is 31.3 Å². The number of fused-ring (bicyclic) bond motifs is 1. The predicted octanol–water partition coefficient (Wildman–Crippen LogP) is 2.79. The third kappa shape index (κ3) is 3.52. The average Bonchev–Trinajstić information content (AvgIpc) is 2.46. The van der Waals surface area contributed by atoms with Gasteiger partial charge < -0.3 is 10.1 Å². The second-order valence-corrected chi connectivity index (χ2v) is 4.96. The van der Waals surface area contributed by atoms with Gasteiger partial charge in [-0.25, -0.2) is 0 Å². The standard InChI is InChI=1S/C16H22N2O/c1-12(19-3)10-14(17-2)11-13-8-9-18-16-7-5-4-6-15(13)16/h4-9,12,14,17H,10-11H2,1-3H3. The van der Waals surface area contributed by atoms with Crippen LogP contribution in [0, 0.1) is 0 Å². The first-order valence-corrected chi connectivity index (χ1v) is 6.77. The van der Waals surface area contributed by atoms with Crippen LogP contribution >= 0.6 is 0 Å². The predicted molar refractivity (Wildman–Crippen MR) is 79.4 cm³/mol. The minimum Gasteiger partial charge on any atom is -0.382 e. The molecular weight excluding hydrogens is 236 g/mol. The zero-order chi connectivity index (χ0) is 13.7. The van der Waals surface area contributed by atoms with Gasteiger partial charge in [-0.1, -0.05) is 18.2 Å². The molecule has 1 aromatic heterocycles. The summed E-state index contributed by atoms with van der Waals surface area (Å²) >= 11 is 0. The number of nitrogens with one attached hydrogen (secondary N) is 1. The molecular formula is C16H22N2O. The highest BCUT2D eigenvalue weighted by atomic mass is 16.5. The number of hydrogen-bond donors (Lipinski definition) is 1. The SMILES string of the molecule is CNC(Cc1ccnc2ccccc12)CC(C)OC. The fourth-order valence-electron chi connectivity index (χ4n) is 2.40. The van der Waals surface area contributed by atoms with Gasteiger partial charge in [0.1, 0.15) is 0 Å². The molecule has 1 heterocycles. The molecule has 3 nitrogen and oxygen atoms in total. The van der Waals surface area contributed by atoms with Crippen molar-refractivity contribution in [3.05, 3.63) is 42.1 Å². The molecule has 2 aromatic rings. The first-order chi connectivity index (χ1) is 9.24. The highest BCUT2D eigenvalue weighted by molar-refractivity contribution is 5.81. The van der Waals surface area contributed by atoms with Crippen LogP contribution in [0.2, 0.25) is 0 Å². The normalized spacial score (nSPS) is 14.5. The minimum atomic E-state index is 0.269. The largest absolute Gasteiger partial charge is 0.382 e. The van der Waals surface area contributed by atoms with E-state index in [1.807, 2.05) is 19.3 Å². The molecule has 19 heavy (non-hydrogen) atoms. The highest BCUT2D eigenvalue weighted by Gasteiger charge is 2.13. The maximum atomic E-state index is 5.36. The van der Waals surface area contributed by atoms with Crippen LogP contribution in [0.3, 0.4) is 0 Å². The third-order valence-corrected chi connectivity index (χ3v) is 3.63. The van der Waals surface area contributed by atoms with E-state index in [0.29, 0.717) is 6.04 Å². The molecule has 2 atom stereocenters. The molecule has 0 saturated carbocycles. The van der Waals surface area contributed by atoms with Crippen molar-refractivity contribution >= 4 is 10.9 Å². The summed E-state index contributed by atoms with van der Waals surface area (Å²) in [6.45, 7) is 2.11. The Kier molecular flexibility index (Phi) is 4.88. The van der Waals surface area contributed by atoms with E-state index in [9.17, 15) is 0 Å². The lowest BCUT2D eigenvalue weighted by atomic mass is 9.98. The van der Waals surface area contributed by atoms with Gasteiger partial charge in [0.15, 0.2) is 0 Å². The Bertz CT molecular complexity index is 522. The van der Waals surface area contributed by atoms with Gasteiger partial charge in [-0.3, -0.25) is 4.98 Å². The molecule has 0 bridgehead atoms. The van der Waals surface area contributed by atoms with E-state index in [4.69, 9.17) is 4.74 Å². The number of rotatable bonds is 6. The van der Waals surface area contributed by atoms with Crippen molar-refractivity contribution < 1.29 is 4.74 Å². The summed E-state index contributed by atoms with van der Waals surface area (Å²) in [4.78, 5) is 4.41. The number of ether oxygens (including phenoxy) is 1. The first kappa shape index (κ1) is 14.0. The van der Waals surface area contributed by atoms with Crippen molar-refractivity contribution in [3.8, 4) is 0 Å². The Labute approximate surface area is 115 Å². The third-order valence-electron chi connectivity index (χ3n) is 3.63. The molecule has 0 spiro atoms. The van der Waals surface area contributed by atoms with Crippen LogP contribution in [0.25, 0.3) is 10.9 Å². The van der Waals surface area contributed by atoms with Gasteiger partial charge in [0, 0.05) is 24.7 Å². The Morgan fingerprint density at radius 3 is 2.79 bits per heavy atom. The van der Waals surface area contributed by atoms with Gasteiger partial charge in [-0.15, -0.1) is 0 Å². The van der Waals surface area contributed by atoms with Crippen molar-refractivity contribution in [1.29, 1.82) is 0 Å². The van der Waals surface area contributed by atoms with E-state index in [0.717, 1.165) is 18.4 Å². The number of likely N-dealkylation sites (N-methyl/N-ethyl adjacent to an activating group) is 1. The van der Waals surface area contributed by atoms with E-state index >= 15 is 0 Å². The Morgan fingerprint density at radius 1 is 1.26 bits per heavy atom. The number of nitrogens with zero attached hydrogens (tertiary/aromatic N) is 1. The minimum absolute atomic E-state index is 0.269. The molecule has 0 amide bonds. The summed E-state index contributed by atoms with van der Waals surface area (Å²) in [5.74, 6) is 0.